The van der Waals surface area contributed by atoms with Crippen molar-refractivity contribution in [3.63, 3.8) is 0 Å². The first-order chi connectivity index (χ1) is 5.76. The third-order valence-corrected chi connectivity index (χ3v) is 1.86. The summed E-state index contributed by atoms with van der Waals surface area (Å²) < 4.78 is 10.1. The lowest BCUT2D eigenvalue weighted by molar-refractivity contribution is -0.0764. The zero-order valence-corrected chi connectivity index (χ0v) is 8.43. The largest absolute Gasteiger partial charge is 0.352 e. The van der Waals surface area contributed by atoms with Crippen LogP contribution in [-0.4, -0.2) is 20.5 Å². The van der Waals surface area contributed by atoms with Gasteiger partial charge in [-0.3, -0.25) is 0 Å². The van der Waals surface area contributed by atoms with Gasteiger partial charge in [0.25, 0.3) is 0 Å². The van der Waals surface area contributed by atoms with Gasteiger partial charge in [0.15, 0.2) is 6.29 Å². The van der Waals surface area contributed by atoms with E-state index in [1.54, 1.807) is 14.2 Å². The molecule has 0 spiro atoms. The molecule has 0 heterocycles. The van der Waals surface area contributed by atoms with Gasteiger partial charge in [-0.2, -0.15) is 0 Å². The maximum absolute atomic E-state index is 5.07. The lowest BCUT2D eigenvalue weighted by Crippen LogP contribution is -2.15. The summed E-state index contributed by atoms with van der Waals surface area (Å²) >= 11 is 0. The molecule has 0 saturated heterocycles. The molecule has 0 aliphatic rings. The van der Waals surface area contributed by atoms with E-state index in [4.69, 9.17) is 9.47 Å². The molecule has 0 aromatic carbocycles. The van der Waals surface area contributed by atoms with Crippen LogP contribution in [0.3, 0.4) is 0 Å². The monoisotopic (exact) mass is 172 g/mol. The van der Waals surface area contributed by atoms with Crippen molar-refractivity contribution < 1.29 is 9.47 Å². The predicted octanol–water partition coefficient (Wildman–Crippen LogP) is 2.74. The first-order valence-corrected chi connectivity index (χ1v) is 4.49. The van der Waals surface area contributed by atoms with Crippen LogP contribution < -0.4 is 0 Å². The van der Waals surface area contributed by atoms with Gasteiger partial charge in [-0.05, 0) is 18.4 Å². The molecule has 0 aliphatic heterocycles. The van der Waals surface area contributed by atoms with Gasteiger partial charge in [0.05, 0.1) is 0 Å². The first kappa shape index (κ1) is 11.7. The smallest absolute Gasteiger partial charge is 0.178 e. The fourth-order valence-corrected chi connectivity index (χ4v) is 1.15. The first-order valence-electron chi connectivity index (χ1n) is 4.49. The van der Waals surface area contributed by atoms with Crippen LogP contribution in [0.1, 0.15) is 32.6 Å². The molecule has 0 fully saturated rings. The van der Waals surface area contributed by atoms with Crippen LogP contribution in [0, 0.1) is 0 Å². The molecule has 0 radical (unpaired) electrons. The summed E-state index contributed by atoms with van der Waals surface area (Å²) in [6, 6.07) is 0. The van der Waals surface area contributed by atoms with Gasteiger partial charge in [-0.1, -0.05) is 26.3 Å². The molecule has 0 bridgehead atoms. The molecule has 2 nitrogen and oxygen atoms in total. The van der Waals surface area contributed by atoms with Gasteiger partial charge in [0.2, 0.25) is 0 Å². The van der Waals surface area contributed by atoms with E-state index < -0.39 is 0 Å². The summed E-state index contributed by atoms with van der Waals surface area (Å²) in [6.07, 6.45) is 4.44. The Labute approximate surface area is 75.6 Å². The summed E-state index contributed by atoms with van der Waals surface area (Å²) in [6.45, 7) is 6.11. The molecule has 72 valence electrons. The molecule has 0 rings (SSSR count). The Kier molecular flexibility index (Phi) is 7.11. The van der Waals surface area contributed by atoms with Gasteiger partial charge >= 0.3 is 0 Å². The number of hydrogen-bond donors (Lipinski definition) is 0. The minimum absolute atomic E-state index is 0.221. The number of rotatable bonds is 7. The molecule has 0 aromatic rings. The third-order valence-electron chi connectivity index (χ3n) is 1.86. The van der Waals surface area contributed by atoms with Gasteiger partial charge < -0.3 is 9.47 Å². The number of unbranched alkanes of at least 4 members (excludes halogenated alkanes) is 2. The minimum atomic E-state index is -0.221. The van der Waals surface area contributed by atoms with Crippen LogP contribution in [0.25, 0.3) is 0 Å². The molecule has 0 N–H and O–H groups in total. The quantitative estimate of drug-likeness (QED) is 0.334. The highest BCUT2D eigenvalue weighted by Crippen LogP contribution is 2.13. The molecular formula is C10H20O2. The van der Waals surface area contributed by atoms with Crippen molar-refractivity contribution in [1.82, 2.24) is 0 Å². The second kappa shape index (κ2) is 7.32. The molecule has 2 heteroatoms. The number of ether oxygens (including phenoxy) is 2. The Hall–Kier alpha value is -0.340. The Morgan fingerprint density at radius 1 is 1.25 bits per heavy atom. The Morgan fingerprint density at radius 2 is 1.83 bits per heavy atom. The van der Waals surface area contributed by atoms with Crippen molar-refractivity contribution in [2.24, 2.45) is 0 Å². The summed E-state index contributed by atoms with van der Waals surface area (Å²) in [5.41, 5.74) is 1.04. The summed E-state index contributed by atoms with van der Waals surface area (Å²) in [7, 11) is 3.28. The third kappa shape index (κ3) is 4.52. The van der Waals surface area contributed by atoms with E-state index in [0.717, 1.165) is 12.0 Å². The van der Waals surface area contributed by atoms with Crippen molar-refractivity contribution in [3.8, 4) is 0 Å². The fourth-order valence-electron chi connectivity index (χ4n) is 1.15. The number of methoxy groups -OCH3 is 2. The van der Waals surface area contributed by atoms with Crippen molar-refractivity contribution in [1.29, 1.82) is 0 Å². The highest BCUT2D eigenvalue weighted by molar-refractivity contribution is 4.97. The van der Waals surface area contributed by atoms with E-state index in [1.165, 1.54) is 19.3 Å². The average molecular weight is 172 g/mol. The normalized spacial score (nSPS) is 10.7. The van der Waals surface area contributed by atoms with E-state index >= 15 is 0 Å². The Bertz CT molecular complexity index is 117. The highest BCUT2D eigenvalue weighted by atomic mass is 16.7. The van der Waals surface area contributed by atoms with Gasteiger partial charge in [-0.15, -0.1) is 0 Å². The van der Waals surface area contributed by atoms with Crippen molar-refractivity contribution in [2.45, 2.75) is 38.9 Å². The average Bonchev–Trinajstić information content (AvgIpc) is 2.07. The summed E-state index contributed by atoms with van der Waals surface area (Å²) in [5.74, 6) is 0. The predicted molar refractivity (Wildman–Crippen MR) is 51.1 cm³/mol. The molecule has 0 amide bonds. The van der Waals surface area contributed by atoms with Crippen molar-refractivity contribution >= 4 is 0 Å². The number of hydrogen-bond acceptors (Lipinski definition) is 2. The van der Waals surface area contributed by atoms with Crippen LogP contribution >= 0.6 is 0 Å². The summed E-state index contributed by atoms with van der Waals surface area (Å²) in [5, 5.41) is 0. The Morgan fingerprint density at radius 3 is 2.25 bits per heavy atom. The molecular weight excluding hydrogens is 152 g/mol. The lowest BCUT2D eigenvalue weighted by atomic mass is 10.1. The zero-order chi connectivity index (χ0) is 9.40. The second-order valence-corrected chi connectivity index (χ2v) is 2.92. The van der Waals surface area contributed by atoms with Gasteiger partial charge in [0, 0.05) is 14.2 Å². The van der Waals surface area contributed by atoms with Crippen LogP contribution in [0.15, 0.2) is 12.2 Å². The van der Waals surface area contributed by atoms with Crippen LogP contribution in [0.5, 0.6) is 0 Å². The minimum Gasteiger partial charge on any atom is -0.352 e. The second-order valence-electron chi connectivity index (χ2n) is 2.92. The van der Waals surface area contributed by atoms with Crippen LogP contribution in [-0.2, 0) is 9.47 Å². The zero-order valence-electron chi connectivity index (χ0n) is 8.43. The van der Waals surface area contributed by atoms with Crippen molar-refractivity contribution in [3.05, 3.63) is 12.2 Å². The molecule has 0 aromatic heterocycles. The topological polar surface area (TPSA) is 18.5 Å². The fraction of sp³-hybridized carbons (Fsp3) is 0.800. The van der Waals surface area contributed by atoms with E-state index in [1.807, 2.05) is 0 Å². The van der Waals surface area contributed by atoms with Crippen LogP contribution in [0.2, 0.25) is 0 Å². The molecule has 0 unspecified atom stereocenters. The van der Waals surface area contributed by atoms with E-state index in [2.05, 4.69) is 13.5 Å². The molecule has 0 saturated carbocycles. The van der Waals surface area contributed by atoms with E-state index in [0.29, 0.717) is 0 Å². The van der Waals surface area contributed by atoms with Crippen LogP contribution in [0.4, 0.5) is 0 Å². The van der Waals surface area contributed by atoms with E-state index in [9.17, 15) is 0 Å². The lowest BCUT2D eigenvalue weighted by Gasteiger charge is -2.15. The van der Waals surface area contributed by atoms with E-state index in [-0.39, 0.29) is 6.29 Å². The maximum atomic E-state index is 5.07. The van der Waals surface area contributed by atoms with Gasteiger partial charge in [-0.25, -0.2) is 0 Å². The maximum Gasteiger partial charge on any atom is 0.178 e. The SMILES string of the molecule is C=C(CCCCC)C(OC)OC. The van der Waals surface area contributed by atoms with Crippen molar-refractivity contribution in [2.75, 3.05) is 14.2 Å². The molecule has 12 heavy (non-hydrogen) atoms. The standard InChI is InChI=1S/C10H20O2/c1-5-6-7-8-9(2)10(11-3)12-4/h10H,2,5-8H2,1,3-4H3. The summed E-state index contributed by atoms with van der Waals surface area (Å²) in [4.78, 5) is 0. The Balaban J connectivity index is 3.54. The molecule has 0 atom stereocenters. The molecule has 0 aliphatic carbocycles. The highest BCUT2D eigenvalue weighted by Gasteiger charge is 2.08. The van der Waals surface area contributed by atoms with Gasteiger partial charge in [0.1, 0.15) is 0 Å².